The number of benzene rings is 2. The van der Waals surface area contributed by atoms with Crippen molar-refractivity contribution in [2.24, 2.45) is 0 Å². The lowest BCUT2D eigenvalue weighted by molar-refractivity contribution is -0.147. The quantitative estimate of drug-likeness (QED) is 0.119. The molecule has 0 saturated heterocycles. The van der Waals surface area contributed by atoms with Gasteiger partial charge in [-0.05, 0) is 48.9 Å². The average Bonchev–Trinajstić information content (AvgIpc) is 2.88. The maximum absolute atomic E-state index is 13.0. The van der Waals surface area contributed by atoms with E-state index in [-0.39, 0.29) is 12.2 Å². The average molecular weight is 519 g/mol. The first-order valence-corrected chi connectivity index (χ1v) is 11.9. The number of rotatable bonds is 8. The highest BCUT2D eigenvalue weighted by Gasteiger charge is 2.47. The third-order valence-electron chi connectivity index (χ3n) is 5.30. The zero-order valence-electron chi connectivity index (χ0n) is 19.6. The van der Waals surface area contributed by atoms with Gasteiger partial charge in [0.25, 0.3) is 17.7 Å². The first-order chi connectivity index (χ1) is 16.8. The van der Waals surface area contributed by atoms with Crippen LogP contribution in [0.5, 0.6) is 0 Å². The van der Waals surface area contributed by atoms with Crippen LogP contribution in [0.1, 0.15) is 40.1 Å². The summed E-state index contributed by atoms with van der Waals surface area (Å²) in [5.74, 6) is 2.92. The Morgan fingerprint density at radius 1 is 1.03 bits per heavy atom. The molecule has 2 rings (SSSR count). The Morgan fingerprint density at radius 2 is 1.53 bits per heavy atom. The van der Waals surface area contributed by atoms with Crippen LogP contribution in [0.3, 0.4) is 0 Å². The van der Waals surface area contributed by atoms with Crippen LogP contribution in [-0.2, 0) is 18.8 Å². The Balaban J connectivity index is 2.21. The van der Waals surface area contributed by atoms with Crippen molar-refractivity contribution in [1.29, 1.82) is 0 Å². The van der Waals surface area contributed by atoms with E-state index in [1.54, 1.807) is 36.4 Å². The number of carbonyl (C=O) groups excluding carboxylic acids is 3. The highest BCUT2D eigenvalue weighted by molar-refractivity contribution is 7.46. The summed E-state index contributed by atoms with van der Waals surface area (Å²) < 4.78 is 14.9. The van der Waals surface area contributed by atoms with Gasteiger partial charge in [0.2, 0.25) is 0 Å². The van der Waals surface area contributed by atoms with Crippen molar-refractivity contribution in [3.8, 4) is 11.8 Å². The van der Waals surface area contributed by atoms with Gasteiger partial charge >= 0.3 is 7.82 Å². The molecule has 0 aromatic heterocycles. The van der Waals surface area contributed by atoms with Gasteiger partial charge in [-0.1, -0.05) is 24.0 Å². The third kappa shape index (κ3) is 6.99. The monoisotopic (exact) mass is 519 g/mol. The van der Waals surface area contributed by atoms with Gasteiger partial charge in [0.05, 0.1) is 6.61 Å². The van der Waals surface area contributed by atoms with E-state index in [2.05, 4.69) is 21.8 Å². The van der Waals surface area contributed by atoms with Crippen LogP contribution in [0.15, 0.2) is 48.5 Å². The Kier molecular flexibility index (Phi) is 9.49. The molecule has 36 heavy (non-hydrogen) atoms. The van der Waals surface area contributed by atoms with Crippen molar-refractivity contribution < 1.29 is 43.6 Å². The zero-order chi connectivity index (χ0) is 27.1. The van der Waals surface area contributed by atoms with Crippen molar-refractivity contribution in [2.75, 3.05) is 20.7 Å². The summed E-state index contributed by atoms with van der Waals surface area (Å²) in [4.78, 5) is 56.5. The van der Waals surface area contributed by atoms with Crippen LogP contribution < -0.4 is 10.8 Å². The van der Waals surface area contributed by atoms with Crippen molar-refractivity contribution in [2.45, 2.75) is 18.6 Å². The summed E-state index contributed by atoms with van der Waals surface area (Å²) in [6.45, 7) is 0.701. The molecule has 0 unspecified atom stereocenters. The van der Waals surface area contributed by atoms with Crippen LogP contribution >= 0.6 is 7.82 Å². The molecule has 0 saturated carbocycles. The van der Waals surface area contributed by atoms with Gasteiger partial charge in [-0.3, -0.25) is 14.4 Å². The van der Waals surface area contributed by atoms with Gasteiger partial charge in [0.1, 0.15) is 6.10 Å². The number of nitrogens with zero attached hydrogens (tertiary/aromatic N) is 1. The van der Waals surface area contributed by atoms with Crippen molar-refractivity contribution >= 4 is 25.5 Å². The van der Waals surface area contributed by atoms with Gasteiger partial charge < -0.3 is 30.2 Å². The summed E-state index contributed by atoms with van der Waals surface area (Å²) in [7, 11) is -2.68. The largest absolute Gasteiger partial charge is 0.491 e. The van der Waals surface area contributed by atoms with Crippen LogP contribution in [0.2, 0.25) is 0 Å². The summed E-state index contributed by atoms with van der Waals surface area (Å²) in [6, 6.07) is 12.7. The normalized spacial score (nSPS) is 13.4. The number of phosphoric acid groups is 1. The van der Waals surface area contributed by atoms with E-state index in [1.165, 1.54) is 31.7 Å². The van der Waals surface area contributed by atoms with Gasteiger partial charge in [0, 0.05) is 30.8 Å². The van der Waals surface area contributed by atoms with Crippen LogP contribution in [0.25, 0.3) is 0 Å². The lowest BCUT2D eigenvalue weighted by atomic mass is 9.96. The van der Waals surface area contributed by atoms with Crippen LogP contribution in [0.4, 0.5) is 0 Å². The highest BCUT2D eigenvalue weighted by atomic mass is 31.2. The van der Waals surface area contributed by atoms with Gasteiger partial charge in [-0.15, -0.1) is 0 Å². The highest BCUT2D eigenvalue weighted by Crippen LogP contribution is 2.34. The zero-order valence-corrected chi connectivity index (χ0v) is 20.5. The summed E-state index contributed by atoms with van der Waals surface area (Å²) in [5, 5.41) is 20.9. The molecule has 0 heterocycles. The molecule has 0 spiro atoms. The molecule has 0 bridgehead atoms. The maximum atomic E-state index is 13.0. The van der Waals surface area contributed by atoms with E-state index in [9.17, 15) is 24.1 Å². The standard InChI is InChI=1S/C23H26N3O9P/c1-23(21(30)24-2,22(31)25-35-36(32,33)34)26(3)20(29)18-12-8-16(9-13-18)5-4-15-6-10-17(11-7-15)19(28)14-27/h6-13,19,27-28H,14H2,1-3H3,(H,24,30)(H,25,31)(H2,32,33,34)/t19-,23+/m1/s1. The fourth-order valence-electron chi connectivity index (χ4n) is 2.98. The summed E-state index contributed by atoms with van der Waals surface area (Å²) in [5.41, 5.74) is 1.20. The summed E-state index contributed by atoms with van der Waals surface area (Å²) >= 11 is 0. The molecule has 13 heteroatoms. The molecule has 2 aromatic carbocycles. The Bertz CT molecular complexity index is 1220. The number of hydrogen-bond acceptors (Lipinski definition) is 7. The number of likely N-dealkylation sites (N-methyl/N-ethyl adjacent to an activating group) is 2. The van der Waals surface area contributed by atoms with Gasteiger partial charge in [-0.2, -0.15) is 4.62 Å². The van der Waals surface area contributed by atoms with Crippen LogP contribution in [-0.4, -0.2) is 68.9 Å². The Hall–Kier alpha value is -3.56. The van der Waals surface area contributed by atoms with Crippen molar-refractivity contribution in [3.05, 3.63) is 70.8 Å². The second-order valence-corrected chi connectivity index (χ2v) is 8.84. The molecule has 2 aromatic rings. The molecule has 12 nitrogen and oxygen atoms in total. The predicted molar refractivity (Wildman–Crippen MR) is 127 cm³/mol. The molecule has 6 N–H and O–H groups in total. The van der Waals surface area contributed by atoms with Crippen LogP contribution in [0, 0.1) is 11.8 Å². The third-order valence-corrected chi connectivity index (χ3v) is 5.62. The van der Waals surface area contributed by atoms with E-state index in [0.29, 0.717) is 16.7 Å². The molecule has 2 atom stereocenters. The Morgan fingerprint density at radius 3 is 1.97 bits per heavy atom. The topological polar surface area (TPSA) is 186 Å². The fourth-order valence-corrected chi connectivity index (χ4v) is 3.18. The smallest absolute Gasteiger partial charge is 0.393 e. The number of hydroxylamine groups is 1. The Labute approximate surface area is 207 Å². The molecule has 0 radical (unpaired) electrons. The lowest BCUT2D eigenvalue weighted by Gasteiger charge is -2.35. The maximum Gasteiger partial charge on any atom is 0.491 e. The predicted octanol–water partition coefficient (Wildman–Crippen LogP) is -0.171. The number of aliphatic hydroxyl groups excluding tert-OH is 2. The molecule has 0 aliphatic rings. The number of nitrogens with one attached hydrogen (secondary N) is 2. The summed E-state index contributed by atoms with van der Waals surface area (Å²) in [6.07, 6.45) is -0.967. The van der Waals surface area contributed by atoms with E-state index in [1.807, 2.05) is 0 Å². The first-order valence-electron chi connectivity index (χ1n) is 10.4. The molecule has 0 fully saturated rings. The second kappa shape index (κ2) is 11.9. The van der Waals surface area contributed by atoms with Crippen molar-refractivity contribution in [3.63, 3.8) is 0 Å². The second-order valence-electron chi connectivity index (χ2n) is 7.68. The van der Waals surface area contributed by atoms with E-state index < -0.39 is 37.2 Å². The fraction of sp³-hybridized carbons (Fsp3) is 0.261. The first kappa shape index (κ1) is 28.7. The molecule has 0 aliphatic carbocycles. The minimum atomic E-state index is -5.08. The number of hydrogen-bond donors (Lipinski definition) is 6. The van der Waals surface area contributed by atoms with E-state index >= 15 is 0 Å². The number of amides is 3. The molecule has 192 valence electrons. The van der Waals surface area contributed by atoms with Crippen molar-refractivity contribution in [1.82, 2.24) is 15.7 Å². The van der Waals surface area contributed by atoms with E-state index in [0.717, 1.165) is 11.8 Å². The lowest BCUT2D eigenvalue weighted by Crippen LogP contribution is -2.64. The van der Waals surface area contributed by atoms with E-state index in [4.69, 9.17) is 14.9 Å². The minimum absolute atomic E-state index is 0.115. The van der Waals surface area contributed by atoms with Gasteiger partial charge in [-0.25, -0.2) is 10.0 Å². The number of carbonyl (C=O) groups is 3. The number of aliphatic hydroxyl groups is 2. The molecular weight excluding hydrogens is 493 g/mol. The molecule has 3 amide bonds. The SMILES string of the molecule is CNC(=O)[C@@](C)(C(=O)NOP(=O)(O)O)N(C)C(=O)c1ccc(C#Cc2ccc([C@H](O)CO)cc2)cc1. The van der Waals surface area contributed by atoms with Gasteiger partial charge in [0.15, 0.2) is 5.54 Å². The molecule has 0 aliphatic heterocycles. The molecular formula is C23H26N3O9P. The minimum Gasteiger partial charge on any atom is -0.393 e.